The molecule has 0 saturated heterocycles. The first-order valence-corrected chi connectivity index (χ1v) is 12.7. The molecule has 206 valence electrons. The van der Waals surface area contributed by atoms with Gasteiger partial charge in [-0.1, -0.05) is 37.3 Å². The third-order valence-electron chi connectivity index (χ3n) is 6.22. The zero-order chi connectivity index (χ0) is 27.6. The fourth-order valence-corrected chi connectivity index (χ4v) is 4.05. The summed E-state index contributed by atoms with van der Waals surface area (Å²) < 4.78 is 22.2. The number of aldehydes is 1. The molecule has 1 saturated carbocycles. The Balaban J connectivity index is 1.30. The van der Waals surface area contributed by atoms with E-state index in [1.165, 1.54) is 13.2 Å². The lowest BCUT2D eigenvalue weighted by Gasteiger charge is -2.33. The van der Waals surface area contributed by atoms with E-state index < -0.39 is 12.0 Å². The van der Waals surface area contributed by atoms with Crippen LogP contribution in [-0.2, 0) is 16.1 Å². The van der Waals surface area contributed by atoms with Crippen LogP contribution in [0.15, 0.2) is 48.5 Å². The number of aromatic amines is 1. The number of amides is 2. The standard InChI is InChI=1S/C28H32N4O7/c1-3-9-29-28(35)39-21-10-19(11-21)23-14-26(32-31-23)30-27(34)17-38-25-13-20(36-2)12-24(22(25)15-33)37-16-18-7-5-4-6-8-18/h4-8,12-15,19,21H,3,9-11,16-17H2,1-2H3,(H,29,35)(H2,30,31,32,34). The van der Waals surface area contributed by atoms with Crippen molar-refractivity contribution in [3.05, 3.63) is 65.4 Å². The van der Waals surface area contributed by atoms with Crippen LogP contribution in [0.5, 0.6) is 17.2 Å². The van der Waals surface area contributed by atoms with Gasteiger partial charge >= 0.3 is 6.09 Å². The number of nitrogens with zero attached hydrogens (tertiary/aromatic N) is 1. The average Bonchev–Trinajstić information content (AvgIpc) is 3.38. The average molecular weight is 537 g/mol. The van der Waals surface area contributed by atoms with Crippen molar-refractivity contribution in [1.29, 1.82) is 0 Å². The second-order valence-electron chi connectivity index (χ2n) is 9.10. The van der Waals surface area contributed by atoms with E-state index in [0.29, 0.717) is 37.2 Å². The molecule has 3 N–H and O–H groups in total. The van der Waals surface area contributed by atoms with E-state index in [2.05, 4.69) is 20.8 Å². The molecule has 1 fully saturated rings. The molecule has 0 radical (unpaired) electrons. The van der Waals surface area contributed by atoms with Gasteiger partial charge in [-0.25, -0.2) is 4.79 Å². The lowest BCUT2D eigenvalue weighted by Crippen LogP contribution is -2.36. The van der Waals surface area contributed by atoms with Crippen LogP contribution in [0.1, 0.15) is 53.7 Å². The summed E-state index contributed by atoms with van der Waals surface area (Å²) in [6, 6.07) is 14.4. The number of nitrogens with one attached hydrogen (secondary N) is 3. The van der Waals surface area contributed by atoms with Crippen molar-refractivity contribution >= 4 is 24.1 Å². The summed E-state index contributed by atoms with van der Waals surface area (Å²) in [7, 11) is 1.49. The summed E-state index contributed by atoms with van der Waals surface area (Å²) in [5.41, 5.74) is 1.95. The molecule has 2 amide bonds. The van der Waals surface area contributed by atoms with Crippen LogP contribution in [0, 0.1) is 0 Å². The highest BCUT2D eigenvalue weighted by Crippen LogP contribution is 2.38. The molecule has 11 nitrogen and oxygen atoms in total. The summed E-state index contributed by atoms with van der Waals surface area (Å²) in [5.74, 6) is 0.907. The third-order valence-corrected chi connectivity index (χ3v) is 6.22. The van der Waals surface area contributed by atoms with E-state index >= 15 is 0 Å². The minimum absolute atomic E-state index is 0.141. The first-order chi connectivity index (χ1) is 19.0. The number of rotatable bonds is 13. The van der Waals surface area contributed by atoms with Gasteiger partial charge in [-0.3, -0.25) is 14.7 Å². The van der Waals surface area contributed by atoms with Crippen molar-refractivity contribution in [1.82, 2.24) is 15.5 Å². The molecule has 1 aliphatic carbocycles. The normalized spacial score (nSPS) is 15.9. The summed E-state index contributed by atoms with van der Waals surface area (Å²) in [6.45, 7) is 2.44. The zero-order valence-corrected chi connectivity index (χ0v) is 21.9. The molecule has 11 heteroatoms. The summed E-state index contributed by atoms with van der Waals surface area (Å²) >= 11 is 0. The van der Waals surface area contributed by atoms with E-state index in [1.54, 1.807) is 12.1 Å². The van der Waals surface area contributed by atoms with Gasteiger partial charge in [-0.2, -0.15) is 5.10 Å². The predicted octanol–water partition coefficient (Wildman–Crippen LogP) is 4.21. The molecular weight excluding hydrogens is 504 g/mol. The van der Waals surface area contributed by atoms with Crippen molar-refractivity contribution in [2.24, 2.45) is 0 Å². The van der Waals surface area contributed by atoms with Crippen LogP contribution in [0.3, 0.4) is 0 Å². The number of hydrogen-bond acceptors (Lipinski definition) is 8. The first-order valence-electron chi connectivity index (χ1n) is 12.7. The maximum atomic E-state index is 12.6. The molecule has 0 atom stereocenters. The second kappa shape index (κ2) is 13.3. The molecule has 0 spiro atoms. The largest absolute Gasteiger partial charge is 0.496 e. The number of carbonyl (C=O) groups is 3. The fourth-order valence-electron chi connectivity index (χ4n) is 4.05. The Kier molecular flexibility index (Phi) is 9.39. The van der Waals surface area contributed by atoms with Crippen LogP contribution >= 0.6 is 0 Å². The molecule has 1 aromatic heterocycles. The van der Waals surface area contributed by atoms with Gasteiger partial charge in [0.15, 0.2) is 18.7 Å². The Morgan fingerprint density at radius 3 is 2.54 bits per heavy atom. The summed E-state index contributed by atoms with van der Waals surface area (Å²) in [4.78, 5) is 36.1. The number of methoxy groups -OCH3 is 1. The van der Waals surface area contributed by atoms with Crippen molar-refractivity contribution in [3.8, 4) is 17.2 Å². The highest BCUT2D eigenvalue weighted by atomic mass is 16.6. The summed E-state index contributed by atoms with van der Waals surface area (Å²) in [5, 5.41) is 12.4. The van der Waals surface area contributed by atoms with Crippen molar-refractivity contribution in [3.63, 3.8) is 0 Å². The minimum Gasteiger partial charge on any atom is -0.496 e. The van der Waals surface area contributed by atoms with Gasteiger partial charge in [0.05, 0.1) is 12.7 Å². The van der Waals surface area contributed by atoms with Gasteiger partial charge < -0.3 is 29.6 Å². The molecule has 4 rings (SSSR count). The number of alkyl carbamates (subject to hydrolysis) is 1. The van der Waals surface area contributed by atoms with Crippen LogP contribution in [0.4, 0.5) is 10.6 Å². The van der Waals surface area contributed by atoms with E-state index in [4.69, 9.17) is 18.9 Å². The van der Waals surface area contributed by atoms with Gasteiger partial charge in [-0.05, 0) is 24.8 Å². The number of benzene rings is 2. The van der Waals surface area contributed by atoms with Gasteiger partial charge in [0.2, 0.25) is 0 Å². The van der Waals surface area contributed by atoms with Gasteiger partial charge in [-0.15, -0.1) is 0 Å². The number of aromatic nitrogens is 2. The van der Waals surface area contributed by atoms with E-state index in [0.717, 1.165) is 17.7 Å². The van der Waals surface area contributed by atoms with Crippen molar-refractivity contribution < 1.29 is 33.3 Å². The van der Waals surface area contributed by atoms with E-state index in [9.17, 15) is 14.4 Å². The predicted molar refractivity (Wildman–Crippen MR) is 142 cm³/mol. The smallest absolute Gasteiger partial charge is 0.407 e. The Morgan fingerprint density at radius 2 is 1.85 bits per heavy atom. The lowest BCUT2D eigenvalue weighted by molar-refractivity contribution is -0.118. The second-order valence-corrected chi connectivity index (χ2v) is 9.10. The minimum atomic E-state index is -0.457. The van der Waals surface area contributed by atoms with Gasteiger partial charge in [0, 0.05) is 36.4 Å². The maximum Gasteiger partial charge on any atom is 0.407 e. The van der Waals surface area contributed by atoms with E-state index in [-0.39, 0.29) is 42.3 Å². The number of H-pyrrole nitrogens is 1. The highest BCUT2D eigenvalue weighted by molar-refractivity contribution is 5.91. The molecule has 0 unspecified atom stereocenters. The Morgan fingerprint density at radius 1 is 1.10 bits per heavy atom. The SMILES string of the molecule is CCCNC(=O)OC1CC(c2cc(NC(=O)COc3cc(OC)cc(OCc4ccccc4)c3C=O)n[nH]2)C1. The van der Waals surface area contributed by atoms with Crippen molar-refractivity contribution in [2.45, 2.75) is 44.8 Å². The van der Waals surface area contributed by atoms with Crippen LogP contribution < -0.4 is 24.8 Å². The number of ether oxygens (including phenoxy) is 4. The number of anilines is 1. The summed E-state index contributed by atoms with van der Waals surface area (Å²) in [6.07, 6.45) is 2.28. The van der Waals surface area contributed by atoms with Crippen molar-refractivity contribution in [2.75, 3.05) is 25.6 Å². The molecule has 2 aromatic carbocycles. The van der Waals surface area contributed by atoms with Crippen LogP contribution in [-0.4, -0.2) is 54.8 Å². The molecule has 0 aliphatic heterocycles. The molecule has 3 aromatic rings. The van der Waals surface area contributed by atoms with Gasteiger partial charge in [0.1, 0.15) is 30.0 Å². The lowest BCUT2D eigenvalue weighted by atomic mass is 9.80. The molecule has 39 heavy (non-hydrogen) atoms. The zero-order valence-electron chi connectivity index (χ0n) is 21.9. The molecule has 1 aliphatic rings. The quantitative estimate of drug-likeness (QED) is 0.276. The van der Waals surface area contributed by atoms with Gasteiger partial charge in [0.25, 0.3) is 5.91 Å². The Bertz CT molecular complexity index is 1270. The van der Waals surface area contributed by atoms with E-state index in [1.807, 2.05) is 37.3 Å². The third kappa shape index (κ3) is 7.50. The van der Waals surface area contributed by atoms with Crippen LogP contribution in [0.2, 0.25) is 0 Å². The Labute approximate surface area is 226 Å². The molecular formula is C28H32N4O7. The highest BCUT2D eigenvalue weighted by Gasteiger charge is 2.34. The molecule has 0 bridgehead atoms. The Hall–Kier alpha value is -4.54. The monoisotopic (exact) mass is 536 g/mol. The van der Waals surface area contributed by atoms with Crippen LogP contribution in [0.25, 0.3) is 0 Å². The fraction of sp³-hybridized carbons (Fsp3) is 0.357. The topological polar surface area (TPSA) is 141 Å². The number of hydrogen-bond donors (Lipinski definition) is 3. The maximum absolute atomic E-state index is 12.6. The first kappa shape index (κ1) is 27.5. The molecule has 1 heterocycles. The number of carbonyl (C=O) groups excluding carboxylic acids is 3.